The van der Waals surface area contributed by atoms with Crippen LogP contribution >= 0.6 is 0 Å². The number of pyridine rings is 3. The van der Waals surface area contributed by atoms with E-state index in [-0.39, 0.29) is 5.56 Å². The largest absolute Gasteiger partial charge is 0.288 e. The number of rotatable bonds is 4. The van der Waals surface area contributed by atoms with Crippen LogP contribution in [0.3, 0.4) is 0 Å². The molecule has 0 atom stereocenters. The van der Waals surface area contributed by atoms with Crippen LogP contribution in [0.25, 0.3) is 17.1 Å². The van der Waals surface area contributed by atoms with Gasteiger partial charge in [0.1, 0.15) is 11.6 Å². The second-order valence-corrected chi connectivity index (χ2v) is 7.23. The topological polar surface area (TPSA) is 56.5 Å². The van der Waals surface area contributed by atoms with Crippen LogP contribution in [0.5, 0.6) is 0 Å². The third-order valence-corrected chi connectivity index (χ3v) is 4.93. The Morgan fingerprint density at radius 1 is 0.862 bits per heavy atom. The summed E-state index contributed by atoms with van der Waals surface area (Å²) < 4.78 is 29.2. The Bertz CT molecular complexity index is 1180. The van der Waals surface area contributed by atoms with Crippen molar-refractivity contribution in [1.29, 1.82) is 0 Å². The van der Waals surface area contributed by atoms with Gasteiger partial charge in [-0.3, -0.25) is 9.55 Å². The maximum Gasteiger partial charge on any atom is 0.224 e. The van der Waals surface area contributed by atoms with Crippen molar-refractivity contribution < 1.29 is 8.78 Å². The molecule has 0 aliphatic carbocycles. The second-order valence-electron chi connectivity index (χ2n) is 7.23. The van der Waals surface area contributed by atoms with Crippen molar-refractivity contribution in [3.8, 4) is 17.1 Å². The quantitative estimate of drug-likeness (QED) is 0.476. The van der Waals surface area contributed by atoms with Gasteiger partial charge in [0, 0.05) is 17.8 Å². The van der Waals surface area contributed by atoms with Gasteiger partial charge in [0.15, 0.2) is 0 Å². The molecular weight excluding hydrogens is 372 g/mol. The summed E-state index contributed by atoms with van der Waals surface area (Å²) in [5, 5.41) is 0. The molecule has 4 aromatic rings. The molecule has 4 heterocycles. The van der Waals surface area contributed by atoms with E-state index >= 15 is 0 Å². The molecular formula is C22H19F2N5. The zero-order valence-electron chi connectivity index (χ0n) is 16.3. The molecule has 0 aromatic carbocycles. The van der Waals surface area contributed by atoms with Crippen molar-refractivity contribution in [3.05, 3.63) is 90.0 Å². The molecule has 4 aromatic heterocycles. The lowest BCUT2D eigenvalue weighted by atomic mass is 9.84. The number of aryl methyl sites for hydroxylation is 1. The van der Waals surface area contributed by atoms with Gasteiger partial charge < -0.3 is 0 Å². The standard InChI is InChI=1S/C22H19F2N5/c1-14-25-12-13-29(14)20-9-5-8-18(27-20)22(2,3)17-7-4-6-16(26-17)15-10-11-19(23)28-21(15)24/h4-13H,1-3H3. The third-order valence-electron chi connectivity index (χ3n) is 4.93. The van der Waals surface area contributed by atoms with E-state index in [4.69, 9.17) is 4.98 Å². The zero-order chi connectivity index (χ0) is 20.6. The van der Waals surface area contributed by atoms with E-state index in [1.54, 1.807) is 18.3 Å². The lowest BCUT2D eigenvalue weighted by Crippen LogP contribution is -2.23. The molecule has 146 valence electrons. The molecule has 0 saturated heterocycles. The predicted octanol–water partition coefficient (Wildman–Crippen LogP) is 4.64. The van der Waals surface area contributed by atoms with Crippen LogP contribution < -0.4 is 0 Å². The predicted molar refractivity (Wildman–Crippen MR) is 106 cm³/mol. The summed E-state index contributed by atoms with van der Waals surface area (Å²) in [6, 6.07) is 13.6. The summed E-state index contributed by atoms with van der Waals surface area (Å²) in [4.78, 5) is 16.9. The maximum absolute atomic E-state index is 14.1. The maximum atomic E-state index is 14.1. The Labute approximate surface area is 167 Å². The Morgan fingerprint density at radius 2 is 1.59 bits per heavy atom. The summed E-state index contributed by atoms with van der Waals surface area (Å²) in [5.41, 5.74) is 1.52. The normalized spacial score (nSPS) is 11.6. The van der Waals surface area contributed by atoms with Crippen molar-refractivity contribution in [1.82, 2.24) is 24.5 Å². The van der Waals surface area contributed by atoms with Gasteiger partial charge in [-0.15, -0.1) is 0 Å². The molecule has 0 fully saturated rings. The Balaban J connectivity index is 1.76. The molecule has 0 aliphatic rings. The third kappa shape index (κ3) is 3.51. The first-order chi connectivity index (χ1) is 13.9. The highest BCUT2D eigenvalue weighted by atomic mass is 19.1. The van der Waals surface area contributed by atoms with Crippen LogP contribution in [0, 0.1) is 18.8 Å². The minimum atomic E-state index is -0.886. The average molecular weight is 391 g/mol. The summed E-state index contributed by atoms with van der Waals surface area (Å²) in [7, 11) is 0. The molecule has 29 heavy (non-hydrogen) atoms. The van der Waals surface area contributed by atoms with E-state index in [9.17, 15) is 8.78 Å². The number of aromatic nitrogens is 5. The van der Waals surface area contributed by atoms with Crippen LogP contribution in [0.4, 0.5) is 8.78 Å². The summed E-state index contributed by atoms with van der Waals surface area (Å²) in [6.07, 6.45) is 3.59. The molecule has 0 amide bonds. The molecule has 5 nitrogen and oxygen atoms in total. The highest BCUT2D eigenvalue weighted by molar-refractivity contribution is 5.59. The Kier molecular flexibility index (Phi) is 4.66. The lowest BCUT2D eigenvalue weighted by Gasteiger charge is -2.25. The van der Waals surface area contributed by atoms with Gasteiger partial charge in [0.05, 0.1) is 22.6 Å². The van der Waals surface area contributed by atoms with E-state index in [2.05, 4.69) is 15.0 Å². The molecule has 0 bridgehead atoms. The second kappa shape index (κ2) is 7.16. The first kappa shape index (κ1) is 18.9. The molecule has 7 heteroatoms. The average Bonchev–Trinajstić information content (AvgIpc) is 3.14. The minimum Gasteiger partial charge on any atom is -0.288 e. The van der Waals surface area contributed by atoms with Crippen molar-refractivity contribution in [2.24, 2.45) is 0 Å². The molecule has 0 unspecified atom stereocenters. The van der Waals surface area contributed by atoms with Crippen LogP contribution in [-0.4, -0.2) is 24.5 Å². The fourth-order valence-corrected chi connectivity index (χ4v) is 3.19. The fourth-order valence-electron chi connectivity index (χ4n) is 3.19. The first-order valence-corrected chi connectivity index (χ1v) is 9.14. The van der Waals surface area contributed by atoms with Gasteiger partial charge in [-0.1, -0.05) is 12.1 Å². The van der Waals surface area contributed by atoms with Crippen molar-refractivity contribution >= 4 is 0 Å². The van der Waals surface area contributed by atoms with Crippen molar-refractivity contribution in [3.63, 3.8) is 0 Å². The van der Waals surface area contributed by atoms with Crippen LogP contribution in [0.1, 0.15) is 31.1 Å². The molecule has 0 aliphatic heterocycles. The number of hydrogen-bond acceptors (Lipinski definition) is 4. The van der Waals surface area contributed by atoms with Gasteiger partial charge in [0.2, 0.25) is 11.9 Å². The minimum absolute atomic E-state index is 0.153. The Morgan fingerprint density at radius 3 is 2.28 bits per heavy atom. The zero-order valence-corrected chi connectivity index (χ0v) is 16.3. The lowest BCUT2D eigenvalue weighted by molar-refractivity contribution is 0.514. The molecule has 0 N–H and O–H groups in total. The van der Waals surface area contributed by atoms with Crippen molar-refractivity contribution in [2.45, 2.75) is 26.2 Å². The van der Waals surface area contributed by atoms with E-state index in [0.717, 1.165) is 23.4 Å². The number of imidazole rings is 1. The highest BCUT2D eigenvalue weighted by Crippen LogP contribution is 2.31. The molecule has 0 radical (unpaired) electrons. The van der Waals surface area contributed by atoms with Crippen LogP contribution in [0.2, 0.25) is 0 Å². The van der Waals surface area contributed by atoms with Crippen LogP contribution in [-0.2, 0) is 5.41 Å². The van der Waals surface area contributed by atoms with Crippen LogP contribution in [0.15, 0.2) is 60.9 Å². The van der Waals surface area contributed by atoms with E-state index in [0.29, 0.717) is 11.4 Å². The van der Waals surface area contributed by atoms with E-state index in [1.165, 1.54) is 6.07 Å². The van der Waals surface area contributed by atoms with E-state index in [1.807, 2.05) is 55.8 Å². The number of halogens is 2. The van der Waals surface area contributed by atoms with Crippen molar-refractivity contribution in [2.75, 3.05) is 0 Å². The van der Waals surface area contributed by atoms with Gasteiger partial charge >= 0.3 is 0 Å². The smallest absolute Gasteiger partial charge is 0.224 e. The summed E-state index contributed by atoms with van der Waals surface area (Å²) >= 11 is 0. The number of nitrogens with zero attached hydrogens (tertiary/aromatic N) is 5. The van der Waals surface area contributed by atoms with Gasteiger partial charge in [-0.25, -0.2) is 9.97 Å². The summed E-state index contributed by atoms with van der Waals surface area (Å²) in [6.45, 7) is 5.92. The monoisotopic (exact) mass is 391 g/mol. The number of hydrogen-bond donors (Lipinski definition) is 0. The van der Waals surface area contributed by atoms with Gasteiger partial charge in [-0.05, 0) is 57.2 Å². The highest BCUT2D eigenvalue weighted by Gasteiger charge is 2.27. The van der Waals surface area contributed by atoms with Gasteiger partial charge in [0.25, 0.3) is 0 Å². The molecule has 4 rings (SSSR count). The first-order valence-electron chi connectivity index (χ1n) is 9.14. The molecule has 0 saturated carbocycles. The fraction of sp³-hybridized carbons (Fsp3) is 0.182. The Hall–Kier alpha value is -3.48. The van der Waals surface area contributed by atoms with Gasteiger partial charge in [-0.2, -0.15) is 13.8 Å². The molecule has 0 spiro atoms. The SMILES string of the molecule is Cc1nccn1-c1cccc(C(C)(C)c2cccc(-c3ccc(F)nc3F)n2)n1. The summed E-state index contributed by atoms with van der Waals surface area (Å²) in [5.74, 6) is -0.149. The van der Waals surface area contributed by atoms with E-state index < -0.39 is 17.3 Å².